The molecule has 3 rings (SSSR count). The van der Waals surface area contributed by atoms with Crippen molar-refractivity contribution in [2.45, 2.75) is 32.1 Å². The van der Waals surface area contributed by atoms with Crippen molar-refractivity contribution in [3.8, 4) is 0 Å². The van der Waals surface area contributed by atoms with Gasteiger partial charge in [-0.15, -0.1) is 12.4 Å². The van der Waals surface area contributed by atoms with Crippen LogP contribution in [0.1, 0.15) is 53.0 Å². The van der Waals surface area contributed by atoms with E-state index in [1.807, 2.05) is 16.8 Å². The Morgan fingerprint density at radius 3 is 2.40 bits per heavy atom. The molecule has 0 radical (unpaired) electrons. The number of aromatic nitrogens is 1. The molecule has 1 aromatic heterocycles. The number of carbonyl (C=O) groups excluding carboxylic acids is 2. The molecule has 2 aliphatic heterocycles. The molecule has 0 unspecified atom stereocenters. The number of likely N-dealkylation sites (tertiary alicyclic amines) is 2. The Hall–Kier alpha value is -1.53. The Morgan fingerprint density at radius 2 is 1.76 bits per heavy atom. The van der Waals surface area contributed by atoms with Crippen LogP contribution in [0.2, 0.25) is 0 Å². The number of rotatable bonds is 5. The van der Waals surface area contributed by atoms with Gasteiger partial charge in [-0.1, -0.05) is 0 Å². The molecule has 3 heterocycles. The van der Waals surface area contributed by atoms with Crippen LogP contribution in [0.4, 0.5) is 0 Å². The number of halogens is 1. The van der Waals surface area contributed by atoms with E-state index >= 15 is 0 Å². The van der Waals surface area contributed by atoms with Crippen molar-refractivity contribution in [2.75, 3.05) is 39.8 Å². The van der Waals surface area contributed by atoms with Gasteiger partial charge in [0.1, 0.15) is 5.69 Å². The number of piperidine rings is 1. The third-order valence-electron chi connectivity index (χ3n) is 5.26. The molecule has 2 saturated heterocycles. The van der Waals surface area contributed by atoms with E-state index in [-0.39, 0.29) is 24.2 Å². The number of hydrogen-bond donors (Lipinski definition) is 2. The summed E-state index contributed by atoms with van der Waals surface area (Å²) in [6.45, 7) is 4.31. The van der Waals surface area contributed by atoms with Gasteiger partial charge in [0.2, 0.25) is 0 Å². The molecule has 2 aliphatic rings. The molecule has 140 valence electrons. The monoisotopic (exact) mass is 368 g/mol. The van der Waals surface area contributed by atoms with Crippen molar-refractivity contribution in [3.63, 3.8) is 0 Å². The van der Waals surface area contributed by atoms with Crippen molar-refractivity contribution < 1.29 is 9.59 Å². The summed E-state index contributed by atoms with van der Waals surface area (Å²) in [6, 6.07) is 1.72. The van der Waals surface area contributed by atoms with Gasteiger partial charge < -0.3 is 20.1 Å². The largest absolute Gasteiger partial charge is 0.356 e. The van der Waals surface area contributed by atoms with Crippen molar-refractivity contribution in [1.29, 1.82) is 0 Å². The van der Waals surface area contributed by atoms with Gasteiger partial charge in [0, 0.05) is 32.4 Å². The van der Waals surface area contributed by atoms with Gasteiger partial charge in [-0.3, -0.25) is 9.59 Å². The van der Waals surface area contributed by atoms with Crippen molar-refractivity contribution in [1.82, 2.24) is 20.1 Å². The summed E-state index contributed by atoms with van der Waals surface area (Å²) in [5.74, 6) is 0.760. The summed E-state index contributed by atoms with van der Waals surface area (Å²) >= 11 is 0. The SMILES string of the molecule is CNCCC1CCN(C(=O)c2c[nH]c(C(=O)N3CCCC3)c2)CC1.Cl. The van der Waals surface area contributed by atoms with Gasteiger partial charge in [0.15, 0.2) is 0 Å². The summed E-state index contributed by atoms with van der Waals surface area (Å²) in [7, 11) is 1.98. The van der Waals surface area contributed by atoms with Crippen molar-refractivity contribution in [2.24, 2.45) is 5.92 Å². The fraction of sp³-hybridized carbons (Fsp3) is 0.667. The number of carbonyl (C=O) groups is 2. The molecule has 0 aliphatic carbocycles. The van der Waals surface area contributed by atoms with Crippen molar-refractivity contribution in [3.05, 3.63) is 23.5 Å². The molecule has 1 aromatic rings. The molecule has 2 fully saturated rings. The summed E-state index contributed by atoms with van der Waals surface area (Å²) < 4.78 is 0. The molecule has 0 atom stereocenters. The maximum atomic E-state index is 12.6. The highest BCUT2D eigenvalue weighted by Crippen LogP contribution is 2.22. The molecule has 0 aromatic carbocycles. The lowest BCUT2D eigenvalue weighted by molar-refractivity contribution is 0.0687. The predicted octanol–water partition coefficient (Wildman–Crippen LogP) is 2.13. The van der Waals surface area contributed by atoms with E-state index in [9.17, 15) is 9.59 Å². The van der Waals surface area contributed by atoms with Gasteiger partial charge in [-0.25, -0.2) is 0 Å². The second-order valence-corrected chi connectivity index (χ2v) is 6.93. The normalized spacial score (nSPS) is 18.3. The molecule has 7 heteroatoms. The molecule has 2 N–H and O–H groups in total. The first-order chi connectivity index (χ1) is 11.7. The molecular weight excluding hydrogens is 340 g/mol. The van der Waals surface area contributed by atoms with Crippen LogP contribution in [-0.4, -0.2) is 66.4 Å². The Bertz CT molecular complexity index is 575. The van der Waals surface area contributed by atoms with Crippen LogP contribution in [-0.2, 0) is 0 Å². The highest BCUT2D eigenvalue weighted by molar-refractivity contribution is 5.99. The lowest BCUT2D eigenvalue weighted by Crippen LogP contribution is -2.38. The summed E-state index contributed by atoms with van der Waals surface area (Å²) in [5, 5.41) is 3.19. The average Bonchev–Trinajstić information content (AvgIpc) is 3.30. The van der Waals surface area contributed by atoms with E-state index in [0.717, 1.165) is 58.4 Å². The van der Waals surface area contributed by atoms with E-state index < -0.39 is 0 Å². The second-order valence-electron chi connectivity index (χ2n) is 6.93. The minimum Gasteiger partial charge on any atom is -0.356 e. The van der Waals surface area contributed by atoms with E-state index in [4.69, 9.17) is 0 Å². The first kappa shape index (κ1) is 19.8. The number of amides is 2. The Labute approximate surface area is 155 Å². The maximum Gasteiger partial charge on any atom is 0.270 e. The molecule has 0 spiro atoms. The smallest absolute Gasteiger partial charge is 0.270 e. The van der Waals surface area contributed by atoms with Crippen LogP contribution in [0.15, 0.2) is 12.3 Å². The summed E-state index contributed by atoms with van der Waals surface area (Å²) in [6.07, 6.45) is 7.13. The fourth-order valence-electron chi connectivity index (χ4n) is 3.69. The number of aromatic amines is 1. The summed E-state index contributed by atoms with van der Waals surface area (Å²) in [4.78, 5) is 31.8. The fourth-order valence-corrected chi connectivity index (χ4v) is 3.69. The molecule has 25 heavy (non-hydrogen) atoms. The van der Waals surface area contributed by atoms with Gasteiger partial charge in [-0.05, 0) is 57.7 Å². The molecular formula is C18H29ClN4O2. The van der Waals surface area contributed by atoms with Crippen LogP contribution in [0.5, 0.6) is 0 Å². The predicted molar refractivity (Wildman–Crippen MR) is 100 cm³/mol. The van der Waals surface area contributed by atoms with Gasteiger partial charge >= 0.3 is 0 Å². The van der Waals surface area contributed by atoms with Crippen LogP contribution in [0, 0.1) is 5.92 Å². The highest BCUT2D eigenvalue weighted by Gasteiger charge is 2.26. The quantitative estimate of drug-likeness (QED) is 0.836. The Morgan fingerprint density at radius 1 is 1.12 bits per heavy atom. The highest BCUT2D eigenvalue weighted by atomic mass is 35.5. The molecule has 6 nitrogen and oxygen atoms in total. The molecule has 0 saturated carbocycles. The number of nitrogens with one attached hydrogen (secondary N) is 2. The zero-order valence-corrected chi connectivity index (χ0v) is 15.7. The van der Waals surface area contributed by atoms with E-state index in [1.54, 1.807) is 12.3 Å². The van der Waals surface area contributed by atoms with E-state index in [2.05, 4.69) is 10.3 Å². The standard InChI is InChI=1S/C18H28N4O2.ClH/c1-19-7-4-14-5-10-22(11-6-14)17(23)15-12-16(20-13-15)18(24)21-8-2-3-9-21;/h12-14,19-20H,2-11H2,1H3;1H. The maximum absolute atomic E-state index is 12.6. The summed E-state index contributed by atoms with van der Waals surface area (Å²) in [5.41, 5.74) is 1.13. The van der Waals surface area contributed by atoms with E-state index in [0.29, 0.717) is 17.2 Å². The Kier molecular flexibility index (Phi) is 7.32. The van der Waals surface area contributed by atoms with Crippen molar-refractivity contribution >= 4 is 24.2 Å². The zero-order chi connectivity index (χ0) is 16.9. The van der Waals surface area contributed by atoms with Crippen LogP contribution in [0.25, 0.3) is 0 Å². The van der Waals surface area contributed by atoms with Crippen LogP contribution >= 0.6 is 12.4 Å². The zero-order valence-electron chi connectivity index (χ0n) is 14.9. The second kappa shape index (κ2) is 9.25. The third kappa shape index (κ3) is 4.76. The minimum absolute atomic E-state index is 0. The first-order valence-electron chi connectivity index (χ1n) is 9.10. The number of nitrogens with zero attached hydrogens (tertiary/aromatic N) is 2. The molecule has 0 bridgehead atoms. The average molecular weight is 369 g/mol. The minimum atomic E-state index is 0. The topological polar surface area (TPSA) is 68.4 Å². The number of H-pyrrole nitrogens is 1. The van der Waals surface area contributed by atoms with Gasteiger partial charge in [0.05, 0.1) is 5.56 Å². The lowest BCUT2D eigenvalue weighted by Gasteiger charge is -2.31. The lowest BCUT2D eigenvalue weighted by atomic mass is 9.93. The van der Waals surface area contributed by atoms with E-state index in [1.165, 1.54) is 6.42 Å². The van der Waals surface area contributed by atoms with Crippen LogP contribution < -0.4 is 5.32 Å². The van der Waals surface area contributed by atoms with Gasteiger partial charge in [-0.2, -0.15) is 0 Å². The first-order valence-corrected chi connectivity index (χ1v) is 9.10. The Balaban J connectivity index is 0.00000225. The third-order valence-corrected chi connectivity index (χ3v) is 5.26. The number of hydrogen-bond acceptors (Lipinski definition) is 3. The van der Waals surface area contributed by atoms with Gasteiger partial charge in [0.25, 0.3) is 11.8 Å². The van der Waals surface area contributed by atoms with Crippen LogP contribution in [0.3, 0.4) is 0 Å². The molecule has 2 amide bonds.